The molecular weight excluding hydrogens is 259 g/mol. The number of carboxylic acid groups (broad SMARTS) is 1. The third-order valence-corrected chi connectivity index (χ3v) is 2.77. The standard InChI is InChI=1S/C12H10ClFN2O2/c1-6-12(10(16-15-6)5-11(17)18)8-4-7(13)2-3-9(8)14/h2-4H,5H2,1H3,(H,15,16)(H,17,18). The van der Waals surface area contributed by atoms with Crippen molar-refractivity contribution in [1.82, 2.24) is 10.2 Å². The molecular formula is C12H10ClFN2O2. The first kappa shape index (κ1) is 12.6. The van der Waals surface area contributed by atoms with Crippen LogP contribution in [0.15, 0.2) is 18.2 Å². The van der Waals surface area contributed by atoms with Crippen LogP contribution in [0.5, 0.6) is 0 Å². The van der Waals surface area contributed by atoms with E-state index in [1.54, 1.807) is 6.92 Å². The number of hydrogen-bond donors (Lipinski definition) is 2. The highest BCUT2D eigenvalue weighted by Gasteiger charge is 2.18. The Morgan fingerprint density at radius 2 is 2.28 bits per heavy atom. The van der Waals surface area contributed by atoms with Crippen LogP contribution in [0.1, 0.15) is 11.4 Å². The van der Waals surface area contributed by atoms with Gasteiger partial charge in [0.25, 0.3) is 0 Å². The van der Waals surface area contributed by atoms with E-state index < -0.39 is 11.8 Å². The molecule has 0 amide bonds. The van der Waals surface area contributed by atoms with E-state index in [1.807, 2.05) is 0 Å². The van der Waals surface area contributed by atoms with Crippen molar-refractivity contribution < 1.29 is 14.3 Å². The van der Waals surface area contributed by atoms with E-state index in [4.69, 9.17) is 16.7 Å². The summed E-state index contributed by atoms with van der Waals surface area (Å²) in [6, 6.07) is 4.14. The molecule has 2 N–H and O–H groups in total. The van der Waals surface area contributed by atoms with Crippen LogP contribution in [0.25, 0.3) is 11.1 Å². The minimum atomic E-state index is -1.02. The fourth-order valence-corrected chi connectivity index (χ4v) is 1.97. The molecule has 1 aromatic carbocycles. The number of aromatic amines is 1. The van der Waals surface area contributed by atoms with Gasteiger partial charge in [-0.2, -0.15) is 5.10 Å². The Bertz CT molecular complexity index is 610. The third-order valence-electron chi connectivity index (χ3n) is 2.54. The number of aromatic nitrogens is 2. The molecule has 6 heteroatoms. The fourth-order valence-electron chi connectivity index (χ4n) is 1.80. The predicted octanol–water partition coefficient (Wildman–Crippen LogP) is 2.80. The van der Waals surface area contributed by atoms with Crippen LogP contribution in [-0.2, 0) is 11.2 Å². The lowest BCUT2D eigenvalue weighted by molar-refractivity contribution is -0.136. The van der Waals surface area contributed by atoms with Gasteiger partial charge in [0.2, 0.25) is 0 Å². The smallest absolute Gasteiger partial charge is 0.309 e. The number of hydrogen-bond acceptors (Lipinski definition) is 2. The van der Waals surface area contributed by atoms with Gasteiger partial charge in [-0.25, -0.2) is 4.39 Å². The molecule has 2 rings (SSSR count). The van der Waals surface area contributed by atoms with Gasteiger partial charge in [0.1, 0.15) is 5.82 Å². The molecule has 0 atom stereocenters. The summed E-state index contributed by atoms with van der Waals surface area (Å²) < 4.78 is 13.8. The van der Waals surface area contributed by atoms with Gasteiger partial charge in [-0.15, -0.1) is 0 Å². The maximum Gasteiger partial charge on any atom is 0.309 e. The summed E-state index contributed by atoms with van der Waals surface area (Å²) in [5.41, 5.74) is 1.61. The number of halogens is 2. The van der Waals surface area contributed by atoms with Crippen LogP contribution in [-0.4, -0.2) is 21.3 Å². The average Bonchev–Trinajstić information content (AvgIpc) is 2.63. The van der Waals surface area contributed by atoms with Crippen LogP contribution in [0.2, 0.25) is 5.02 Å². The Morgan fingerprint density at radius 1 is 1.56 bits per heavy atom. The van der Waals surface area contributed by atoms with E-state index in [2.05, 4.69) is 10.2 Å². The zero-order valence-electron chi connectivity index (χ0n) is 9.50. The van der Waals surface area contributed by atoms with Gasteiger partial charge in [-0.3, -0.25) is 9.89 Å². The molecule has 0 unspecified atom stereocenters. The fraction of sp³-hybridized carbons (Fsp3) is 0.167. The summed E-state index contributed by atoms with van der Waals surface area (Å²) in [6.45, 7) is 1.70. The zero-order valence-corrected chi connectivity index (χ0v) is 10.3. The lowest BCUT2D eigenvalue weighted by Gasteiger charge is -2.05. The van der Waals surface area contributed by atoms with Crippen LogP contribution < -0.4 is 0 Å². The molecule has 1 heterocycles. The van der Waals surface area contributed by atoms with Gasteiger partial charge in [-0.05, 0) is 25.1 Å². The summed E-state index contributed by atoms with van der Waals surface area (Å²) in [7, 11) is 0. The zero-order chi connectivity index (χ0) is 13.3. The number of aryl methyl sites for hydroxylation is 1. The SMILES string of the molecule is Cc1[nH]nc(CC(=O)O)c1-c1cc(Cl)ccc1F. The Balaban J connectivity index is 2.59. The van der Waals surface area contributed by atoms with E-state index >= 15 is 0 Å². The topological polar surface area (TPSA) is 66.0 Å². The molecule has 2 aromatic rings. The maximum absolute atomic E-state index is 13.8. The number of rotatable bonds is 3. The Kier molecular flexibility index (Phi) is 3.34. The molecule has 94 valence electrons. The molecule has 0 aliphatic carbocycles. The highest BCUT2D eigenvalue weighted by molar-refractivity contribution is 6.30. The summed E-state index contributed by atoms with van der Waals surface area (Å²) in [5, 5.41) is 15.7. The summed E-state index contributed by atoms with van der Waals surface area (Å²) in [6.07, 6.45) is -0.272. The van der Waals surface area contributed by atoms with Crippen molar-refractivity contribution in [2.75, 3.05) is 0 Å². The number of aliphatic carboxylic acids is 1. The number of benzene rings is 1. The molecule has 0 saturated carbocycles. The molecule has 18 heavy (non-hydrogen) atoms. The number of nitrogens with one attached hydrogen (secondary N) is 1. The minimum Gasteiger partial charge on any atom is -0.481 e. The number of carboxylic acids is 1. The second-order valence-corrected chi connectivity index (χ2v) is 4.30. The summed E-state index contributed by atoms with van der Waals surface area (Å²) >= 11 is 5.83. The van der Waals surface area contributed by atoms with E-state index in [9.17, 15) is 9.18 Å². The molecule has 0 fully saturated rings. The van der Waals surface area contributed by atoms with E-state index in [1.165, 1.54) is 18.2 Å². The molecule has 4 nitrogen and oxygen atoms in total. The minimum absolute atomic E-state index is 0.255. The maximum atomic E-state index is 13.8. The lowest BCUT2D eigenvalue weighted by Crippen LogP contribution is -2.02. The molecule has 0 bridgehead atoms. The molecule has 0 saturated heterocycles. The van der Waals surface area contributed by atoms with Gasteiger partial charge in [0.15, 0.2) is 0 Å². The molecule has 0 aliphatic rings. The molecule has 0 spiro atoms. The second-order valence-electron chi connectivity index (χ2n) is 3.86. The average molecular weight is 269 g/mol. The van der Waals surface area contributed by atoms with E-state index in [0.717, 1.165) is 0 Å². The van der Waals surface area contributed by atoms with Crippen LogP contribution >= 0.6 is 11.6 Å². The number of H-pyrrole nitrogens is 1. The first-order valence-electron chi connectivity index (χ1n) is 5.20. The normalized spacial score (nSPS) is 10.6. The third kappa shape index (κ3) is 2.36. The van der Waals surface area contributed by atoms with Crippen molar-refractivity contribution in [2.45, 2.75) is 13.3 Å². The Labute approximate surface area is 107 Å². The first-order chi connectivity index (χ1) is 8.49. The summed E-state index contributed by atoms with van der Waals surface area (Å²) in [5.74, 6) is -1.49. The molecule has 1 aromatic heterocycles. The number of carbonyl (C=O) groups is 1. The van der Waals surface area contributed by atoms with Gasteiger partial charge < -0.3 is 5.11 Å². The van der Waals surface area contributed by atoms with Gasteiger partial charge in [0.05, 0.1) is 12.1 Å². The Hall–Kier alpha value is -1.88. The predicted molar refractivity (Wildman–Crippen MR) is 65.1 cm³/mol. The summed E-state index contributed by atoms with van der Waals surface area (Å²) in [4.78, 5) is 10.7. The lowest BCUT2D eigenvalue weighted by atomic mass is 10.0. The highest BCUT2D eigenvalue weighted by Crippen LogP contribution is 2.30. The van der Waals surface area contributed by atoms with E-state index in [0.29, 0.717) is 22.0 Å². The van der Waals surface area contributed by atoms with Crippen molar-refractivity contribution in [2.24, 2.45) is 0 Å². The molecule has 0 radical (unpaired) electrons. The van der Waals surface area contributed by atoms with Crippen LogP contribution in [0.4, 0.5) is 4.39 Å². The van der Waals surface area contributed by atoms with Crippen molar-refractivity contribution in [3.63, 3.8) is 0 Å². The van der Waals surface area contributed by atoms with Crippen molar-refractivity contribution in [3.8, 4) is 11.1 Å². The van der Waals surface area contributed by atoms with E-state index in [-0.39, 0.29) is 12.0 Å². The van der Waals surface area contributed by atoms with Crippen molar-refractivity contribution >= 4 is 17.6 Å². The monoisotopic (exact) mass is 268 g/mol. The number of nitrogens with zero attached hydrogens (tertiary/aromatic N) is 1. The first-order valence-corrected chi connectivity index (χ1v) is 5.58. The second kappa shape index (κ2) is 4.78. The van der Waals surface area contributed by atoms with Gasteiger partial charge >= 0.3 is 5.97 Å². The van der Waals surface area contributed by atoms with Crippen LogP contribution in [0, 0.1) is 12.7 Å². The largest absolute Gasteiger partial charge is 0.481 e. The van der Waals surface area contributed by atoms with Crippen LogP contribution in [0.3, 0.4) is 0 Å². The molecule has 0 aliphatic heterocycles. The van der Waals surface area contributed by atoms with Crippen molar-refractivity contribution in [3.05, 3.63) is 40.4 Å². The quantitative estimate of drug-likeness (QED) is 0.899. The van der Waals surface area contributed by atoms with Crippen molar-refractivity contribution in [1.29, 1.82) is 0 Å². The van der Waals surface area contributed by atoms with Gasteiger partial charge in [-0.1, -0.05) is 11.6 Å². The van der Waals surface area contributed by atoms with Gasteiger partial charge in [0, 0.05) is 21.8 Å². The Morgan fingerprint density at radius 3 is 2.94 bits per heavy atom. The highest BCUT2D eigenvalue weighted by atomic mass is 35.5.